The van der Waals surface area contributed by atoms with Crippen LogP contribution in [0.2, 0.25) is 0 Å². The van der Waals surface area contributed by atoms with Crippen LogP contribution in [0.3, 0.4) is 0 Å². The Bertz CT molecular complexity index is 546. The fourth-order valence-electron chi connectivity index (χ4n) is 1.71. The Hall–Kier alpha value is -2.04. The summed E-state index contributed by atoms with van der Waals surface area (Å²) < 4.78 is 5.67. The number of hydrogen-bond acceptors (Lipinski definition) is 4. The van der Waals surface area contributed by atoms with E-state index in [0.717, 1.165) is 5.56 Å². The number of rotatable bonds is 5. The van der Waals surface area contributed by atoms with E-state index >= 15 is 0 Å². The summed E-state index contributed by atoms with van der Waals surface area (Å²) >= 11 is 0. The highest BCUT2D eigenvalue weighted by molar-refractivity contribution is 5.47. The molecule has 2 rings (SSSR count). The van der Waals surface area contributed by atoms with Crippen LogP contribution in [0.4, 0.5) is 5.69 Å². The second kappa shape index (κ2) is 6.61. The molecule has 0 aromatic heterocycles. The predicted molar refractivity (Wildman–Crippen MR) is 83.9 cm³/mol. The molecule has 0 saturated heterocycles. The quantitative estimate of drug-likeness (QED) is 0.769. The average Bonchev–Trinajstić information content (AvgIpc) is 2.45. The molecule has 0 aliphatic rings. The van der Waals surface area contributed by atoms with Crippen molar-refractivity contribution in [1.29, 1.82) is 0 Å². The molecule has 4 nitrogen and oxygen atoms in total. The highest BCUT2D eigenvalue weighted by Gasteiger charge is 2.12. The summed E-state index contributed by atoms with van der Waals surface area (Å²) in [6, 6.07) is 16.8. The minimum Gasteiger partial charge on any atom is -0.733 e. The van der Waals surface area contributed by atoms with Gasteiger partial charge in [-0.2, -0.15) is 0 Å². The van der Waals surface area contributed by atoms with E-state index in [2.05, 4.69) is 0 Å². The van der Waals surface area contributed by atoms with Gasteiger partial charge in [-0.1, -0.05) is 30.3 Å². The van der Waals surface area contributed by atoms with E-state index in [-0.39, 0.29) is 0 Å². The lowest BCUT2D eigenvalue weighted by atomic mass is 10.2. The summed E-state index contributed by atoms with van der Waals surface area (Å²) in [5.74, 6) is 0.715. The smallest absolute Gasteiger partial charge is 0.119 e. The lowest BCUT2D eigenvalue weighted by Gasteiger charge is -2.35. The molecule has 0 saturated carbocycles. The van der Waals surface area contributed by atoms with Crippen LogP contribution < -0.4 is 9.96 Å². The Morgan fingerprint density at radius 3 is 2.14 bits per heavy atom. The third-order valence-corrected chi connectivity index (χ3v) is 2.65. The molecule has 0 unspecified atom stereocenters. The molecule has 0 spiro atoms. The Kier molecular flexibility index (Phi) is 4.83. The molecule has 0 heterocycles. The molecule has 4 heteroatoms. The zero-order valence-corrected chi connectivity index (χ0v) is 12.6. The molecular weight excluding hydrogens is 266 g/mol. The third kappa shape index (κ3) is 5.10. The molecule has 0 aliphatic heterocycles. The van der Waals surface area contributed by atoms with Gasteiger partial charge in [-0.25, -0.2) is 0 Å². The molecule has 0 N–H and O–H groups in total. The van der Waals surface area contributed by atoms with Crippen molar-refractivity contribution in [2.75, 3.05) is 5.23 Å². The number of hydrogen-bond donors (Lipinski definition) is 0. The van der Waals surface area contributed by atoms with Gasteiger partial charge in [0.15, 0.2) is 0 Å². The van der Waals surface area contributed by atoms with Gasteiger partial charge in [0.2, 0.25) is 0 Å². The molecule has 2 aromatic rings. The van der Waals surface area contributed by atoms with Gasteiger partial charge >= 0.3 is 0 Å². The van der Waals surface area contributed by atoms with Crippen LogP contribution in [0.5, 0.6) is 5.75 Å². The van der Waals surface area contributed by atoms with Crippen molar-refractivity contribution in [3.05, 3.63) is 65.4 Å². The Morgan fingerprint density at radius 2 is 1.57 bits per heavy atom. The summed E-state index contributed by atoms with van der Waals surface area (Å²) in [5.41, 5.74) is 1.02. The van der Waals surface area contributed by atoms with E-state index in [9.17, 15) is 5.21 Å². The molecule has 112 valence electrons. The topological polar surface area (TPSA) is 44.8 Å². The molecule has 2 aromatic carbocycles. The van der Waals surface area contributed by atoms with Crippen molar-refractivity contribution in [1.82, 2.24) is 0 Å². The van der Waals surface area contributed by atoms with Crippen molar-refractivity contribution in [3.8, 4) is 5.75 Å². The van der Waals surface area contributed by atoms with Crippen molar-refractivity contribution < 1.29 is 9.57 Å². The van der Waals surface area contributed by atoms with Crippen LogP contribution in [0.15, 0.2) is 54.6 Å². The summed E-state index contributed by atoms with van der Waals surface area (Å²) in [6.07, 6.45) is 0. The summed E-state index contributed by atoms with van der Waals surface area (Å²) in [6.45, 7) is 5.99. The predicted octanol–water partition coefficient (Wildman–Crippen LogP) is 4.30. The van der Waals surface area contributed by atoms with Crippen molar-refractivity contribution >= 4 is 5.69 Å². The monoisotopic (exact) mass is 286 g/mol. The highest BCUT2D eigenvalue weighted by Crippen LogP contribution is 2.22. The maximum Gasteiger partial charge on any atom is 0.119 e. The lowest BCUT2D eigenvalue weighted by Crippen LogP contribution is -2.29. The van der Waals surface area contributed by atoms with E-state index in [1.807, 2.05) is 51.1 Å². The number of ether oxygens (including phenoxy) is 1. The van der Waals surface area contributed by atoms with Crippen LogP contribution in [0, 0.1) is 5.21 Å². The molecule has 0 amide bonds. The zero-order chi connectivity index (χ0) is 15.3. The fourth-order valence-corrected chi connectivity index (χ4v) is 1.71. The SMILES string of the molecule is CC(C)(C)ON([O-])c1ccc(OCc2ccccc2)cc1. The largest absolute Gasteiger partial charge is 0.733 e. The van der Waals surface area contributed by atoms with Crippen LogP contribution in [-0.2, 0) is 11.4 Å². The molecule has 0 atom stereocenters. The Labute approximate surface area is 125 Å². The standard InChI is InChI=1S/C17H20NO3/c1-17(2,3)21-18(19)15-9-11-16(12-10-15)20-13-14-7-5-4-6-8-14/h4-12H,13H2,1-3H3/q-1. The first-order chi connectivity index (χ1) is 9.94. The van der Waals surface area contributed by atoms with E-state index < -0.39 is 5.60 Å². The zero-order valence-electron chi connectivity index (χ0n) is 12.6. The van der Waals surface area contributed by atoms with E-state index in [1.165, 1.54) is 0 Å². The first-order valence-corrected chi connectivity index (χ1v) is 6.87. The first-order valence-electron chi connectivity index (χ1n) is 6.87. The van der Waals surface area contributed by atoms with Crippen molar-refractivity contribution in [2.24, 2.45) is 0 Å². The van der Waals surface area contributed by atoms with Gasteiger partial charge in [-0.05, 0) is 50.6 Å². The van der Waals surface area contributed by atoms with E-state index in [4.69, 9.17) is 9.57 Å². The van der Waals surface area contributed by atoms with Gasteiger partial charge in [-0.3, -0.25) is 4.84 Å². The van der Waals surface area contributed by atoms with Crippen LogP contribution in [-0.4, -0.2) is 5.60 Å². The second-order valence-corrected chi connectivity index (χ2v) is 5.73. The molecule has 21 heavy (non-hydrogen) atoms. The van der Waals surface area contributed by atoms with Crippen LogP contribution in [0.25, 0.3) is 0 Å². The molecule has 0 aliphatic carbocycles. The van der Waals surface area contributed by atoms with Gasteiger partial charge < -0.3 is 15.2 Å². The van der Waals surface area contributed by atoms with E-state index in [0.29, 0.717) is 23.3 Å². The van der Waals surface area contributed by atoms with Crippen LogP contribution in [0.1, 0.15) is 26.3 Å². The summed E-state index contributed by atoms with van der Waals surface area (Å²) in [5, 5.41) is 12.3. The maximum absolute atomic E-state index is 11.8. The Balaban J connectivity index is 1.93. The third-order valence-electron chi connectivity index (χ3n) is 2.65. The first kappa shape index (κ1) is 15.4. The van der Waals surface area contributed by atoms with Crippen molar-refractivity contribution in [3.63, 3.8) is 0 Å². The van der Waals surface area contributed by atoms with Crippen molar-refractivity contribution in [2.45, 2.75) is 33.0 Å². The van der Waals surface area contributed by atoms with Gasteiger partial charge in [0.05, 0.1) is 11.3 Å². The molecular formula is C17H20NO3-. The maximum atomic E-state index is 11.8. The van der Waals surface area contributed by atoms with E-state index in [1.54, 1.807) is 24.3 Å². The number of benzene rings is 2. The van der Waals surface area contributed by atoms with Crippen LogP contribution >= 0.6 is 0 Å². The lowest BCUT2D eigenvalue weighted by molar-refractivity contribution is -0.00548. The average molecular weight is 286 g/mol. The Morgan fingerprint density at radius 1 is 0.952 bits per heavy atom. The minimum atomic E-state index is -0.524. The van der Waals surface area contributed by atoms with Gasteiger partial charge in [0, 0.05) is 0 Å². The van der Waals surface area contributed by atoms with Gasteiger partial charge in [0.25, 0.3) is 0 Å². The van der Waals surface area contributed by atoms with Gasteiger partial charge in [0.1, 0.15) is 12.4 Å². The summed E-state index contributed by atoms with van der Waals surface area (Å²) in [7, 11) is 0. The number of nitrogens with zero attached hydrogens (tertiary/aromatic N) is 1. The normalized spacial score (nSPS) is 11.2. The second-order valence-electron chi connectivity index (χ2n) is 5.73. The summed E-state index contributed by atoms with van der Waals surface area (Å²) in [4.78, 5) is 5.23. The minimum absolute atomic E-state index is 0.442. The molecule has 0 bridgehead atoms. The van der Waals surface area contributed by atoms with Gasteiger partial charge in [-0.15, -0.1) is 0 Å². The molecule has 0 fully saturated rings. The highest BCUT2D eigenvalue weighted by atomic mass is 16.9. The fraction of sp³-hybridized carbons (Fsp3) is 0.294. The molecule has 0 radical (unpaired) electrons. The number of anilines is 1.